The molecule has 5 rings (SSSR count). The fourth-order valence-electron chi connectivity index (χ4n) is 3.29. The Labute approximate surface area is 189 Å². The number of halogens is 1. The molecule has 2 heterocycles. The van der Waals surface area contributed by atoms with E-state index >= 15 is 0 Å². The molecule has 0 radical (unpaired) electrons. The van der Waals surface area contributed by atoms with Gasteiger partial charge in [0, 0.05) is 16.1 Å². The lowest BCUT2D eigenvalue weighted by Crippen LogP contribution is -2.01. The molecular formula is C23H13BrN4O4. The van der Waals surface area contributed by atoms with Gasteiger partial charge in [0.25, 0.3) is 0 Å². The second-order valence-electron chi connectivity index (χ2n) is 6.75. The molecule has 8 nitrogen and oxygen atoms in total. The highest BCUT2D eigenvalue weighted by atomic mass is 79.9. The molecule has 0 aliphatic carbocycles. The number of nitrogens with zero attached hydrogens (tertiary/aromatic N) is 4. The first-order valence-electron chi connectivity index (χ1n) is 9.47. The van der Waals surface area contributed by atoms with Gasteiger partial charge in [-0.1, -0.05) is 52.3 Å². The summed E-state index contributed by atoms with van der Waals surface area (Å²) in [7, 11) is 0. The zero-order chi connectivity index (χ0) is 22.1. The molecule has 0 atom stereocenters. The van der Waals surface area contributed by atoms with Crippen LogP contribution in [0.1, 0.15) is 0 Å². The molecule has 5 aromatic rings. The Hall–Kier alpha value is -4.11. The van der Waals surface area contributed by atoms with Crippen LogP contribution in [-0.4, -0.2) is 19.9 Å². The number of nitro groups is 1. The normalized spacial score (nSPS) is 10.9. The molecule has 9 heteroatoms. The maximum absolute atomic E-state index is 11.9. The summed E-state index contributed by atoms with van der Waals surface area (Å²) in [6, 6.07) is 20.2. The number of pyridine rings is 1. The lowest BCUT2D eigenvalue weighted by molar-refractivity contribution is -0.387. The SMILES string of the molecule is O=[N+]([O-])c1c(Oc2ccc3ccccc3c2)ncnc1Oc1ccc(Br)c2cccnc12. The van der Waals surface area contributed by atoms with Gasteiger partial charge >= 0.3 is 17.4 Å². The third kappa shape index (κ3) is 3.69. The standard InChI is InChI=1S/C23H13BrN4O4/c24-18-9-10-19(20-17(18)6-3-11-25-20)32-23-21(28(29)30)22(26-13-27-23)31-16-8-7-14-4-1-2-5-15(14)12-16/h1-13H. The maximum atomic E-state index is 11.9. The van der Waals surface area contributed by atoms with Crippen LogP contribution in [0.2, 0.25) is 0 Å². The van der Waals surface area contributed by atoms with Crippen LogP contribution in [0.15, 0.2) is 83.7 Å². The van der Waals surface area contributed by atoms with Gasteiger partial charge in [0.2, 0.25) is 0 Å². The van der Waals surface area contributed by atoms with Crippen LogP contribution < -0.4 is 9.47 Å². The zero-order valence-corrected chi connectivity index (χ0v) is 17.9. The van der Waals surface area contributed by atoms with Gasteiger partial charge in [-0.15, -0.1) is 0 Å². The van der Waals surface area contributed by atoms with E-state index in [0.717, 1.165) is 27.0 Å². The number of aromatic nitrogens is 3. The van der Waals surface area contributed by atoms with Crippen molar-refractivity contribution < 1.29 is 14.4 Å². The smallest absolute Gasteiger partial charge is 0.393 e. The largest absolute Gasteiger partial charge is 0.433 e. The summed E-state index contributed by atoms with van der Waals surface area (Å²) in [6.45, 7) is 0. The Morgan fingerprint density at radius 3 is 2.44 bits per heavy atom. The van der Waals surface area contributed by atoms with Crippen LogP contribution >= 0.6 is 15.9 Å². The summed E-state index contributed by atoms with van der Waals surface area (Å²) in [6.07, 6.45) is 2.78. The molecule has 156 valence electrons. The van der Waals surface area contributed by atoms with Crippen LogP contribution in [-0.2, 0) is 0 Å². The van der Waals surface area contributed by atoms with Gasteiger partial charge in [-0.2, -0.15) is 9.97 Å². The van der Waals surface area contributed by atoms with Crippen LogP contribution in [0.5, 0.6) is 23.3 Å². The quantitative estimate of drug-likeness (QED) is 0.207. The molecule has 0 aliphatic heterocycles. The van der Waals surface area contributed by atoms with Crippen molar-refractivity contribution in [1.29, 1.82) is 0 Å². The Morgan fingerprint density at radius 1 is 0.844 bits per heavy atom. The van der Waals surface area contributed by atoms with Crippen molar-refractivity contribution in [3.05, 3.63) is 93.8 Å². The number of benzene rings is 3. The molecule has 3 aromatic carbocycles. The first kappa shape index (κ1) is 19.8. The summed E-state index contributed by atoms with van der Waals surface area (Å²) < 4.78 is 12.4. The third-order valence-corrected chi connectivity index (χ3v) is 5.45. The van der Waals surface area contributed by atoms with Crippen LogP contribution in [0.3, 0.4) is 0 Å². The number of hydrogen-bond donors (Lipinski definition) is 0. The molecule has 0 amide bonds. The van der Waals surface area contributed by atoms with E-state index in [0.29, 0.717) is 17.0 Å². The fourth-order valence-corrected chi connectivity index (χ4v) is 3.75. The number of ether oxygens (including phenoxy) is 2. The topological polar surface area (TPSA) is 100 Å². The molecule has 0 bridgehead atoms. The first-order chi connectivity index (χ1) is 15.6. The lowest BCUT2D eigenvalue weighted by Gasteiger charge is -2.11. The molecule has 0 aliphatic rings. The van der Waals surface area contributed by atoms with Crippen molar-refractivity contribution in [2.45, 2.75) is 0 Å². The summed E-state index contributed by atoms with van der Waals surface area (Å²) in [5.41, 5.74) is 0.0550. The molecule has 32 heavy (non-hydrogen) atoms. The van der Waals surface area contributed by atoms with E-state index in [1.54, 1.807) is 36.5 Å². The zero-order valence-electron chi connectivity index (χ0n) is 16.3. The van der Waals surface area contributed by atoms with Gasteiger partial charge in [0.1, 0.15) is 17.6 Å². The van der Waals surface area contributed by atoms with E-state index < -0.39 is 10.6 Å². The van der Waals surface area contributed by atoms with Crippen LogP contribution in [0, 0.1) is 10.1 Å². The highest BCUT2D eigenvalue weighted by Crippen LogP contribution is 2.40. The predicted octanol–water partition coefficient (Wildman–Crippen LogP) is 6.43. The molecule has 0 N–H and O–H groups in total. The van der Waals surface area contributed by atoms with E-state index in [-0.39, 0.29) is 11.8 Å². The van der Waals surface area contributed by atoms with Crippen LogP contribution in [0.25, 0.3) is 21.7 Å². The highest BCUT2D eigenvalue weighted by Gasteiger charge is 2.28. The van der Waals surface area contributed by atoms with Crippen molar-refractivity contribution in [2.75, 3.05) is 0 Å². The van der Waals surface area contributed by atoms with E-state index in [2.05, 4.69) is 30.9 Å². The van der Waals surface area contributed by atoms with Gasteiger partial charge in [0.15, 0.2) is 5.75 Å². The summed E-state index contributed by atoms with van der Waals surface area (Å²) in [5.74, 6) is 0.272. The van der Waals surface area contributed by atoms with E-state index in [4.69, 9.17) is 9.47 Å². The summed E-state index contributed by atoms with van der Waals surface area (Å²) >= 11 is 3.47. The molecular weight excluding hydrogens is 476 g/mol. The number of rotatable bonds is 5. The Kier molecular flexibility index (Phi) is 5.08. The molecule has 0 saturated heterocycles. The highest BCUT2D eigenvalue weighted by molar-refractivity contribution is 9.10. The third-order valence-electron chi connectivity index (χ3n) is 4.76. The molecule has 0 fully saturated rings. The summed E-state index contributed by atoms with van der Waals surface area (Å²) in [4.78, 5) is 23.6. The maximum Gasteiger partial charge on any atom is 0.393 e. The fraction of sp³-hybridized carbons (Fsp3) is 0. The average molecular weight is 489 g/mol. The second kappa shape index (κ2) is 8.20. The lowest BCUT2D eigenvalue weighted by atomic mass is 10.1. The number of fused-ring (bicyclic) bond motifs is 2. The summed E-state index contributed by atoms with van der Waals surface area (Å²) in [5, 5.41) is 14.7. The minimum atomic E-state index is -0.625. The minimum Gasteiger partial charge on any atom is -0.433 e. The van der Waals surface area contributed by atoms with E-state index in [9.17, 15) is 10.1 Å². The Balaban J connectivity index is 1.55. The average Bonchev–Trinajstić information content (AvgIpc) is 2.81. The first-order valence-corrected chi connectivity index (χ1v) is 10.3. The molecule has 0 spiro atoms. The van der Waals surface area contributed by atoms with Crippen molar-refractivity contribution in [3.8, 4) is 23.3 Å². The van der Waals surface area contributed by atoms with E-state index in [1.165, 1.54) is 0 Å². The molecule has 2 aromatic heterocycles. The van der Waals surface area contributed by atoms with Gasteiger partial charge in [-0.25, -0.2) is 0 Å². The molecule has 0 unspecified atom stereocenters. The predicted molar refractivity (Wildman–Crippen MR) is 122 cm³/mol. The van der Waals surface area contributed by atoms with Crippen molar-refractivity contribution in [1.82, 2.24) is 15.0 Å². The van der Waals surface area contributed by atoms with Gasteiger partial charge in [0.05, 0.1) is 4.92 Å². The monoisotopic (exact) mass is 488 g/mol. The van der Waals surface area contributed by atoms with Crippen molar-refractivity contribution in [3.63, 3.8) is 0 Å². The Morgan fingerprint density at radius 2 is 1.62 bits per heavy atom. The van der Waals surface area contributed by atoms with Gasteiger partial charge in [-0.3, -0.25) is 15.1 Å². The van der Waals surface area contributed by atoms with Crippen molar-refractivity contribution in [2.24, 2.45) is 0 Å². The number of hydrogen-bond acceptors (Lipinski definition) is 7. The van der Waals surface area contributed by atoms with Gasteiger partial charge in [-0.05, 0) is 41.1 Å². The van der Waals surface area contributed by atoms with Crippen molar-refractivity contribution >= 4 is 43.3 Å². The van der Waals surface area contributed by atoms with E-state index in [1.807, 2.05) is 36.4 Å². The Bertz CT molecular complexity index is 1490. The second-order valence-corrected chi connectivity index (χ2v) is 7.60. The van der Waals surface area contributed by atoms with Crippen LogP contribution in [0.4, 0.5) is 5.69 Å². The minimum absolute atomic E-state index is 0.218. The van der Waals surface area contributed by atoms with Gasteiger partial charge < -0.3 is 9.47 Å². The molecule has 0 saturated carbocycles.